The maximum atomic E-state index is 12.5. The lowest BCUT2D eigenvalue weighted by atomic mass is 9.97. The summed E-state index contributed by atoms with van der Waals surface area (Å²) in [5, 5.41) is 80.7. The molecule has 2 saturated heterocycles. The number of rotatable bonds is 11. The molecule has 0 spiro atoms. The van der Waals surface area contributed by atoms with Crippen LogP contribution in [0.15, 0.2) is 42.5 Å². The third-order valence-corrected chi connectivity index (χ3v) is 7.53. The van der Waals surface area contributed by atoms with E-state index in [2.05, 4.69) is 0 Å². The van der Waals surface area contributed by atoms with E-state index in [-0.39, 0.29) is 30.3 Å². The van der Waals surface area contributed by atoms with Gasteiger partial charge in [-0.1, -0.05) is 12.1 Å². The van der Waals surface area contributed by atoms with Crippen molar-refractivity contribution in [3.8, 4) is 23.0 Å². The molecule has 0 aromatic heterocycles. The van der Waals surface area contributed by atoms with E-state index < -0.39 is 85.7 Å². The van der Waals surface area contributed by atoms with Gasteiger partial charge >= 0.3 is 11.9 Å². The number of carbonyl (C=O) groups is 2. The zero-order valence-electron chi connectivity index (χ0n) is 25.4. The number of ether oxygens (including phenoxy) is 6. The van der Waals surface area contributed by atoms with Crippen molar-refractivity contribution < 1.29 is 78.9 Å². The first-order valence-corrected chi connectivity index (χ1v) is 14.6. The Morgan fingerprint density at radius 1 is 0.809 bits per heavy atom. The highest BCUT2D eigenvalue weighted by atomic mass is 16.7. The number of aromatic hydroxyl groups is 4. The fourth-order valence-electron chi connectivity index (χ4n) is 4.95. The molecule has 16 heteroatoms. The van der Waals surface area contributed by atoms with Crippen molar-refractivity contribution in [3.63, 3.8) is 0 Å². The van der Waals surface area contributed by atoms with Gasteiger partial charge in [-0.05, 0) is 54.8 Å². The van der Waals surface area contributed by atoms with Crippen molar-refractivity contribution >= 4 is 18.0 Å². The van der Waals surface area contributed by atoms with Crippen molar-refractivity contribution in [2.75, 3.05) is 13.2 Å². The SMILES string of the molecule is CC(=O)O[C@@H]1[C@@H](OCCc2ccc(O)c(O)c2)O[C@H](COC(=O)C=Cc2ccc(O)c(O)c2)[C@@H](O)[C@@H]1O[C@H]1O[C@@H](C)[C@@H](O)[C@H](O)[C@@H]1O. The molecular weight excluding hydrogens is 628 g/mol. The Labute approximate surface area is 268 Å². The molecule has 0 amide bonds. The minimum absolute atomic E-state index is 0.103. The van der Waals surface area contributed by atoms with Gasteiger partial charge in [-0.15, -0.1) is 0 Å². The Morgan fingerprint density at radius 2 is 1.49 bits per heavy atom. The molecule has 4 rings (SSSR count). The van der Waals surface area contributed by atoms with Crippen LogP contribution in [-0.4, -0.2) is 127 Å². The van der Waals surface area contributed by atoms with Gasteiger partial charge in [0.1, 0.15) is 43.2 Å². The second-order valence-electron chi connectivity index (χ2n) is 11.0. The van der Waals surface area contributed by atoms with E-state index in [1.807, 2.05) is 0 Å². The highest BCUT2D eigenvalue weighted by molar-refractivity contribution is 5.87. The standard InChI is InChI=1S/C31H38O16/c1-14-24(38)26(40)27(41)30(44-14)47-28-25(39)22(13-43-23(37)8-5-16-3-6-18(33)20(35)11-16)46-31(29(28)45-15(2)32)42-10-9-17-4-7-19(34)21(36)12-17/h3-8,11-12,14,22,24-31,33-36,38-41H,9-10,13H2,1-2H3/t14-,22+,24+,25+,26-,27-,28-,29-,30+,31-/m0/s1. The fourth-order valence-corrected chi connectivity index (χ4v) is 4.95. The Kier molecular flexibility index (Phi) is 12.0. The molecule has 10 atom stereocenters. The summed E-state index contributed by atoms with van der Waals surface area (Å²) in [5.74, 6) is -3.11. The summed E-state index contributed by atoms with van der Waals surface area (Å²) in [4.78, 5) is 24.6. The first-order valence-electron chi connectivity index (χ1n) is 14.6. The summed E-state index contributed by atoms with van der Waals surface area (Å²) in [6, 6.07) is 8.02. The third kappa shape index (κ3) is 9.09. The second kappa shape index (κ2) is 15.7. The molecule has 2 heterocycles. The maximum Gasteiger partial charge on any atom is 0.330 e. The molecule has 2 aromatic carbocycles. The van der Waals surface area contributed by atoms with Crippen LogP contribution in [0.3, 0.4) is 0 Å². The molecule has 0 radical (unpaired) electrons. The van der Waals surface area contributed by atoms with Crippen LogP contribution in [0.1, 0.15) is 25.0 Å². The van der Waals surface area contributed by atoms with Crippen molar-refractivity contribution in [1.29, 1.82) is 0 Å². The lowest BCUT2D eigenvalue weighted by Crippen LogP contribution is -2.65. The van der Waals surface area contributed by atoms with Gasteiger partial charge in [0.2, 0.25) is 0 Å². The van der Waals surface area contributed by atoms with Gasteiger partial charge < -0.3 is 69.3 Å². The van der Waals surface area contributed by atoms with E-state index in [1.54, 1.807) is 0 Å². The molecular formula is C31H38O16. The monoisotopic (exact) mass is 666 g/mol. The molecule has 0 bridgehead atoms. The number of hydrogen-bond donors (Lipinski definition) is 8. The second-order valence-corrected chi connectivity index (χ2v) is 11.0. The number of phenols is 4. The Hall–Kier alpha value is -4.00. The number of benzene rings is 2. The van der Waals surface area contributed by atoms with E-state index in [9.17, 15) is 50.4 Å². The largest absolute Gasteiger partial charge is 0.504 e. The number of aliphatic hydroxyl groups excluding tert-OH is 4. The predicted octanol–water partition coefficient (Wildman–Crippen LogP) is -0.445. The number of aliphatic hydroxyl groups is 4. The first kappa shape index (κ1) is 35.8. The molecule has 258 valence electrons. The summed E-state index contributed by atoms with van der Waals surface area (Å²) in [5.41, 5.74) is 0.930. The molecule has 0 aliphatic carbocycles. The van der Waals surface area contributed by atoms with E-state index in [1.165, 1.54) is 49.4 Å². The zero-order valence-corrected chi connectivity index (χ0v) is 25.4. The number of esters is 2. The molecule has 2 fully saturated rings. The average molecular weight is 667 g/mol. The van der Waals surface area contributed by atoms with E-state index in [0.717, 1.165) is 13.0 Å². The van der Waals surface area contributed by atoms with Crippen LogP contribution in [0, 0.1) is 0 Å². The Bertz CT molecular complexity index is 1410. The van der Waals surface area contributed by atoms with Crippen molar-refractivity contribution in [3.05, 3.63) is 53.6 Å². The highest BCUT2D eigenvalue weighted by Crippen LogP contribution is 2.32. The van der Waals surface area contributed by atoms with Crippen LogP contribution in [-0.2, 0) is 44.4 Å². The van der Waals surface area contributed by atoms with Crippen LogP contribution < -0.4 is 0 Å². The summed E-state index contributed by atoms with van der Waals surface area (Å²) in [6.45, 7) is 1.83. The van der Waals surface area contributed by atoms with Gasteiger partial charge in [0.15, 0.2) is 41.7 Å². The number of carbonyl (C=O) groups excluding carboxylic acids is 2. The van der Waals surface area contributed by atoms with Crippen molar-refractivity contribution in [2.24, 2.45) is 0 Å². The number of phenolic OH excluding ortho intramolecular Hbond substituents is 4. The van der Waals surface area contributed by atoms with Crippen LogP contribution in [0.5, 0.6) is 23.0 Å². The lowest BCUT2D eigenvalue weighted by molar-refractivity contribution is -0.357. The predicted molar refractivity (Wildman–Crippen MR) is 157 cm³/mol. The van der Waals surface area contributed by atoms with Crippen molar-refractivity contribution in [2.45, 2.75) is 81.7 Å². The normalized spacial score (nSPS) is 31.0. The van der Waals surface area contributed by atoms with Crippen LogP contribution in [0.25, 0.3) is 6.08 Å². The minimum Gasteiger partial charge on any atom is -0.504 e. The quantitative estimate of drug-likeness (QED) is 0.0859. The average Bonchev–Trinajstić information content (AvgIpc) is 3.02. The molecule has 47 heavy (non-hydrogen) atoms. The minimum atomic E-state index is -1.78. The first-order chi connectivity index (χ1) is 22.2. The summed E-state index contributed by atoms with van der Waals surface area (Å²) < 4.78 is 33.8. The van der Waals surface area contributed by atoms with Crippen LogP contribution in [0.2, 0.25) is 0 Å². The van der Waals surface area contributed by atoms with E-state index in [4.69, 9.17) is 28.4 Å². The van der Waals surface area contributed by atoms with Crippen LogP contribution >= 0.6 is 0 Å². The van der Waals surface area contributed by atoms with Gasteiger partial charge in [0.05, 0.1) is 12.7 Å². The molecule has 2 aromatic rings. The summed E-state index contributed by atoms with van der Waals surface area (Å²) in [6.07, 6.45) is -12.6. The molecule has 16 nitrogen and oxygen atoms in total. The number of hydrogen-bond acceptors (Lipinski definition) is 16. The summed E-state index contributed by atoms with van der Waals surface area (Å²) in [7, 11) is 0. The van der Waals surface area contributed by atoms with Crippen molar-refractivity contribution in [1.82, 2.24) is 0 Å². The van der Waals surface area contributed by atoms with Gasteiger partial charge in [0.25, 0.3) is 0 Å². The third-order valence-electron chi connectivity index (χ3n) is 7.53. The van der Waals surface area contributed by atoms with Gasteiger partial charge in [-0.2, -0.15) is 0 Å². The van der Waals surface area contributed by atoms with Gasteiger partial charge in [-0.3, -0.25) is 4.79 Å². The topological polar surface area (TPSA) is 251 Å². The smallest absolute Gasteiger partial charge is 0.330 e. The molecule has 0 saturated carbocycles. The fraction of sp³-hybridized carbons (Fsp3) is 0.484. The maximum absolute atomic E-state index is 12.5. The Balaban J connectivity index is 1.53. The molecule has 0 unspecified atom stereocenters. The van der Waals surface area contributed by atoms with Gasteiger partial charge in [-0.25, -0.2) is 4.79 Å². The van der Waals surface area contributed by atoms with E-state index >= 15 is 0 Å². The van der Waals surface area contributed by atoms with Gasteiger partial charge in [0, 0.05) is 13.0 Å². The Morgan fingerprint density at radius 3 is 2.15 bits per heavy atom. The molecule has 8 N–H and O–H groups in total. The lowest BCUT2D eigenvalue weighted by Gasteiger charge is -2.46. The molecule has 2 aliphatic rings. The zero-order chi connectivity index (χ0) is 34.4. The highest BCUT2D eigenvalue weighted by Gasteiger charge is 2.52. The summed E-state index contributed by atoms with van der Waals surface area (Å²) >= 11 is 0. The van der Waals surface area contributed by atoms with E-state index in [0.29, 0.717) is 11.1 Å². The van der Waals surface area contributed by atoms with Crippen LogP contribution in [0.4, 0.5) is 0 Å². The molecule has 2 aliphatic heterocycles.